The lowest BCUT2D eigenvalue weighted by atomic mass is 9.94. The van der Waals surface area contributed by atoms with E-state index in [1.54, 1.807) is 43.3 Å². The largest absolute Gasteiger partial charge is 0.504 e. The first-order valence-corrected chi connectivity index (χ1v) is 11.8. The number of Topliss-reactive ketones (excluding diaryl/α,β-unsaturated/α-hetero) is 1. The normalized spacial score (nSPS) is 15.5. The molecule has 0 spiro atoms. The van der Waals surface area contributed by atoms with Crippen molar-refractivity contribution in [3.05, 3.63) is 101 Å². The smallest absolute Gasteiger partial charge is 0.290 e. The van der Waals surface area contributed by atoms with Crippen molar-refractivity contribution in [2.24, 2.45) is 0 Å². The van der Waals surface area contributed by atoms with Crippen LogP contribution in [0.4, 0.5) is 0 Å². The van der Waals surface area contributed by atoms with Gasteiger partial charge in [0.15, 0.2) is 34.4 Å². The van der Waals surface area contributed by atoms with Gasteiger partial charge >= 0.3 is 0 Å². The fourth-order valence-corrected chi connectivity index (χ4v) is 4.59. The highest BCUT2D eigenvalue weighted by Crippen LogP contribution is 2.43. The number of carbonyl (C=O) groups is 2. The lowest BCUT2D eigenvalue weighted by Gasteiger charge is -2.27. The van der Waals surface area contributed by atoms with Crippen LogP contribution in [0, 0.1) is 0 Å². The highest BCUT2D eigenvalue weighted by molar-refractivity contribution is 6.16. The fraction of sp³-hybridized carbons (Fsp3) is 0.172. The molecular formula is C29H25NO7. The van der Waals surface area contributed by atoms with Crippen LogP contribution in [0.2, 0.25) is 0 Å². The predicted molar refractivity (Wildman–Crippen MR) is 136 cm³/mol. The predicted octanol–water partition coefficient (Wildman–Crippen LogP) is 5.32. The summed E-state index contributed by atoms with van der Waals surface area (Å²) >= 11 is 0. The molecule has 0 bridgehead atoms. The SMILES string of the molecule is CCOc1cc(C2C(C(=O)c3cc4cccc(OC)c4o3)=C(O)C(=O)N2Cc2ccccc2)ccc1O. The lowest BCUT2D eigenvalue weighted by Crippen LogP contribution is -2.30. The number of hydrogen-bond donors (Lipinski definition) is 2. The maximum Gasteiger partial charge on any atom is 0.290 e. The average Bonchev–Trinajstić information content (AvgIpc) is 3.45. The molecular weight excluding hydrogens is 474 g/mol. The number of hydrogen-bond acceptors (Lipinski definition) is 7. The molecule has 1 aliphatic heterocycles. The third-order valence-corrected chi connectivity index (χ3v) is 6.30. The third kappa shape index (κ3) is 4.27. The minimum absolute atomic E-state index is 0.0378. The van der Waals surface area contributed by atoms with Crippen LogP contribution in [-0.2, 0) is 11.3 Å². The van der Waals surface area contributed by atoms with Gasteiger partial charge in [-0.2, -0.15) is 0 Å². The van der Waals surface area contributed by atoms with E-state index < -0.39 is 23.5 Å². The second-order valence-electron chi connectivity index (χ2n) is 8.56. The maximum absolute atomic E-state index is 13.8. The second kappa shape index (κ2) is 9.73. The minimum atomic E-state index is -0.949. The van der Waals surface area contributed by atoms with E-state index in [2.05, 4.69) is 0 Å². The molecule has 0 fully saturated rings. The number of phenolic OH excluding ortho intramolecular Hbond substituents is 1. The Balaban J connectivity index is 1.63. The number of aliphatic hydroxyl groups excluding tert-OH is 1. The van der Waals surface area contributed by atoms with Crippen molar-refractivity contribution < 1.29 is 33.7 Å². The zero-order chi connectivity index (χ0) is 26.1. The van der Waals surface area contributed by atoms with E-state index in [4.69, 9.17) is 13.9 Å². The van der Waals surface area contributed by atoms with Gasteiger partial charge in [0.2, 0.25) is 5.78 Å². The maximum atomic E-state index is 13.8. The minimum Gasteiger partial charge on any atom is -0.504 e. The number of fused-ring (bicyclic) bond motifs is 1. The van der Waals surface area contributed by atoms with E-state index in [1.807, 2.05) is 30.3 Å². The number of aliphatic hydroxyl groups is 1. The third-order valence-electron chi connectivity index (χ3n) is 6.30. The van der Waals surface area contributed by atoms with Crippen molar-refractivity contribution in [3.63, 3.8) is 0 Å². The van der Waals surface area contributed by atoms with Crippen LogP contribution >= 0.6 is 0 Å². The molecule has 8 heteroatoms. The van der Waals surface area contributed by atoms with Gasteiger partial charge in [0.05, 0.1) is 25.3 Å². The molecule has 2 heterocycles. The number of aromatic hydroxyl groups is 1. The second-order valence-corrected chi connectivity index (χ2v) is 8.56. The number of rotatable bonds is 8. The van der Waals surface area contributed by atoms with Gasteiger partial charge in [-0.15, -0.1) is 0 Å². The molecule has 5 rings (SSSR count). The summed E-state index contributed by atoms with van der Waals surface area (Å²) in [5.74, 6) is -1.41. The van der Waals surface area contributed by atoms with Crippen LogP contribution in [0.15, 0.2) is 88.5 Å². The van der Waals surface area contributed by atoms with Gasteiger partial charge in [-0.1, -0.05) is 48.5 Å². The molecule has 188 valence electrons. The molecule has 8 nitrogen and oxygen atoms in total. The molecule has 0 saturated carbocycles. The van der Waals surface area contributed by atoms with Crippen LogP contribution in [0.5, 0.6) is 17.2 Å². The first kappa shape index (κ1) is 24.0. The van der Waals surface area contributed by atoms with E-state index in [9.17, 15) is 19.8 Å². The topological polar surface area (TPSA) is 109 Å². The van der Waals surface area contributed by atoms with Crippen LogP contribution in [0.1, 0.15) is 34.6 Å². The van der Waals surface area contributed by atoms with E-state index in [0.29, 0.717) is 28.9 Å². The van der Waals surface area contributed by atoms with Gasteiger partial charge < -0.3 is 29.0 Å². The Kier molecular flexibility index (Phi) is 6.31. The van der Waals surface area contributed by atoms with Crippen LogP contribution < -0.4 is 9.47 Å². The summed E-state index contributed by atoms with van der Waals surface area (Å²) < 4.78 is 16.7. The van der Waals surface area contributed by atoms with Crippen molar-refractivity contribution >= 4 is 22.7 Å². The summed E-state index contributed by atoms with van der Waals surface area (Å²) in [5, 5.41) is 21.9. The standard InChI is InChI=1S/C29H25NO7/c1-3-36-22-14-18(12-13-20(22)31)25-24(27(33)29(34)30(25)16-17-8-5-4-6-9-17)26(32)23-15-19-10-7-11-21(35-2)28(19)37-23/h4-15,25,31,33H,3,16H2,1-2H3. The van der Waals surface area contributed by atoms with Gasteiger partial charge in [0.25, 0.3) is 5.91 Å². The molecule has 3 aromatic carbocycles. The van der Waals surface area contributed by atoms with E-state index in [-0.39, 0.29) is 29.4 Å². The van der Waals surface area contributed by atoms with Crippen molar-refractivity contribution in [2.75, 3.05) is 13.7 Å². The van der Waals surface area contributed by atoms with E-state index in [1.165, 1.54) is 18.1 Å². The lowest BCUT2D eigenvalue weighted by molar-refractivity contribution is -0.130. The number of ether oxygens (including phenoxy) is 2. The summed E-state index contributed by atoms with van der Waals surface area (Å²) in [7, 11) is 1.50. The highest BCUT2D eigenvalue weighted by atomic mass is 16.5. The molecule has 1 unspecified atom stereocenters. The summed E-state index contributed by atoms with van der Waals surface area (Å²) in [6, 6.07) is 19.8. The Bertz CT molecular complexity index is 1520. The Morgan fingerprint density at radius 2 is 1.78 bits per heavy atom. The molecule has 1 atom stereocenters. The van der Waals surface area contributed by atoms with Gasteiger partial charge in [-0.25, -0.2) is 0 Å². The number of furan rings is 1. The Labute approximate surface area is 213 Å². The number of methoxy groups -OCH3 is 1. The molecule has 2 N–H and O–H groups in total. The number of para-hydroxylation sites is 1. The molecule has 1 amide bonds. The number of ketones is 1. The van der Waals surface area contributed by atoms with Crippen LogP contribution in [0.25, 0.3) is 11.0 Å². The molecule has 4 aromatic rings. The fourth-order valence-electron chi connectivity index (χ4n) is 4.59. The zero-order valence-electron chi connectivity index (χ0n) is 20.3. The van der Waals surface area contributed by atoms with Crippen LogP contribution in [0.3, 0.4) is 0 Å². The molecule has 0 saturated heterocycles. The number of benzene rings is 3. The summed E-state index contributed by atoms with van der Waals surface area (Å²) in [6.07, 6.45) is 0. The molecule has 37 heavy (non-hydrogen) atoms. The highest BCUT2D eigenvalue weighted by Gasteiger charge is 2.44. The first-order valence-electron chi connectivity index (χ1n) is 11.8. The van der Waals surface area contributed by atoms with Gasteiger partial charge in [-0.05, 0) is 42.3 Å². The Morgan fingerprint density at radius 1 is 1.00 bits per heavy atom. The first-order chi connectivity index (χ1) is 17.9. The van der Waals surface area contributed by atoms with Crippen molar-refractivity contribution in [1.29, 1.82) is 0 Å². The summed E-state index contributed by atoms with van der Waals surface area (Å²) in [6.45, 7) is 2.23. The number of amides is 1. The van der Waals surface area contributed by atoms with Crippen LogP contribution in [-0.4, -0.2) is 40.5 Å². The Hall–Kier alpha value is -4.72. The van der Waals surface area contributed by atoms with Gasteiger partial charge in [-0.3, -0.25) is 9.59 Å². The zero-order valence-corrected chi connectivity index (χ0v) is 20.3. The van der Waals surface area contributed by atoms with Crippen molar-refractivity contribution in [1.82, 2.24) is 4.90 Å². The number of carbonyl (C=O) groups excluding carboxylic acids is 2. The quantitative estimate of drug-likeness (QED) is 0.316. The average molecular weight is 500 g/mol. The molecule has 1 aliphatic rings. The summed E-state index contributed by atoms with van der Waals surface area (Å²) in [4.78, 5) is 28.6. The van der Waals surface area contributed by atoms with E-state index >= 15 is 0 Å². The number of phenols is 1. The molecule has 0 aliphatic carbocycles. The van der Waals surface area contributed by atoms with E-state index in [0.717, 1.165) is 5.56 Å². The van der Waals surface area contributed by atoms with Crippen molar-refractivity contribution in [2.45, 2.75) is 19.5 Å². The monoisotopic (exact) mass is 499 g/mol. The molecule has 0 radical (unpaired) electrons. The summed E-state index contributed by atoms with van der Waals surface area (Å²) in [5.41, 5.74) is 1.58. The Morgan fingerprint density at radius 3 is 2.51 bits per heavy atom. The van der Waals surface area contributed by atoms with Gasteiger partial charge in [0, 0.05) is 11.9 Å². The van der Waals surface area contributed by atoms with Crippen molar-refractivity contribution in [3.8, 4) is 17.2 Å². The molecule has 1 aromatic heterocycles. The van der Waals surface area contributed by atoms with Gasteiger partial charge in [0.1, 0.15) is 0 Å². The number of nitrogens with zero attached hydrogens (tertiary/aromatic N) is 1.